The average Bonchev–Trinajstić information content (AvgIpc) is 3.32. The third kappa shape index (κ3) is 14.0. The van der Waals surface area contributed by atoms with Crippen molar-refractivity contribution < 1.29 is 32.6 Å². The molecule has 4 aromatic carbocycles. The fourth-order valence-corrected chi connectivity index (χ4v) is 6.73. The molecule has 11 nitrogen and oxygen atoms in total. The van der Waals surface area contributed by atoms with Gasteiger partial charge in [-0.05, 0) is 82.9 Å². The number of hydrogen-bond donors (Lipinski definition) is 2. The number of carbonyl (C=O) groups excluding carboxylic acids is 2. The molecule has 4 heterocycles. The van der Waals surface area contributed by atoms with E-state index in [-0.39, 0.29) is 36.4 Å². The molecule has 2 fully saturated rings. The number of morpholine rings is 2. The maximum atomic E-state index is 13.2. The van der Waals surface area contributed by atoms with Gasteiger partial charge in [-0.3, -0.25) is 19.6 Å². The van der Waals surface area contributed by atoms with Gasteiger partial charge in [-0.25, -0.2) is 8.78 Å². The fourth-order valence-electron chi connectivity index (χ4n) is 6.73. The van der Waals surface area contributed by atoms with Gasteiger partial charge in [-0.1, -0.05) is 60.7 Å². The standard InChI is InChI=1S/C24H24FN3O2.C18H20N2O3.C7H8FN/c25-21-3-1-2-18(14-21)16-27-24(29)15-22-7-4-20(17-26-22)19-5-8-23(9-6-19)28-10-12-30-13-11-28;1-22-18(21)12-16-5-2-15(13-19-16)14-3-6-17(7-4-14)20-8-10-23-11-9-20;8-7-3-1-2-6(4-7)5-9/h1-9,14,17H,10-13,15-16H2,(H,27,29);2-7,13H,8-12H2,1H3;1-4H,5,9H2. The zero-order chi connectivity index (χ0) is 43.5. The third-order valence-electron chi connectivity index (χ3n) is 10.2. The molecule has 8 rings (SSSR count). The number of benzene rings is 4. The quantitative estimate of drug-likeness (QED) is 0.130. The molecule has 0 unspecified atom stereocenters. The highest BCUT2D eigenvalue weighted by Gasteiger charge is 2.13. The maximum Gasteiger partial charge on any atom is 0.311 e. The number of pyridine rings is 2. The second kappa shape index (κ2) is 23.5. The number of nitrogens with zero attached hydrogens (tertiary/aromatic N) is 4. The van der Waals surface area contributed by atoms with Crippen LogP contribution in [0.4, 0.5) is 20.2 Å². The predicted molar refractivity (Wildman–Crippen MR) is 237 cm³/mol. The molecule has 0 atom stereocenters. The number of amides is 1. The van der Waals surface area contributed by atoms with E-state index in [9.17, 15) is 18.4 Å². The topological polar surface area (TPSA) is 132 Å². The lowest BCUT2D eigenvalue weighted by atomic mass is 10.1. The van der Waals surface area contributed by atoms with Crippen molar-refractivity contribution in [3.05, 3.63) is 168 Å². The lowest BCUT2D eigenvalue weighted by Gasteiger charge is -2.28. The molecule has 3 N–H and O–H groups in total. The molecule has 0 bridgehead atoms. The van der Waals surface area contributed by atoms with Gasteiger partial charge >= 0.3 is 5.97 Å². The second-order valence-electron chi connectivity index (χ2n) is 14.5. The van der Waals surface area contributed by atoms with Crippen molar-refractivity contribution in [1.29, 1.82) is 0 Å². The van der Waals surface area contributed by atoms with Gasteiger partial charge in [0.1, 0.15) is 11.6 Å². The summed E-state index contributed by atoms with van der Waals surface area (Å²) in [5, 5.41) is 2.80. The monoisotopic (exact) mass is 842 g/mol. The Hall–Kier alpha value is -6.54. The maximum absolute atomic E-state index is 13.2. The highest BCUT2D eigenvalue weighted by molar-refractivity contribution is 5.78. The van der Waals surface area contributed by atoms with E-state index in [1.165, 1.54) is 42.8 Å². The van der Waals surface area contributed by atoms with Crippen LogP contribution in [0.15, 0.2) is 134 Å². The van der Waals surface area contributed by atoms with Crippen molar-refractivity contribution in [2.24, 2.45) is 5.73 Å². The molecule has 1 amide bonds. The zero-order valence-corrected chi connectivity index (χ0v) is 34.9. The van der Waals surface area contributed by atoms with Crippen LogP contribution in [0.2, 0.25) is 0 Å². The third-order valence-corrected chi connectivity index (χ3v) is 10.2. The van der Waals surface area contributed by atoms with E-state index in [4.69, 9.17) is 15.2 Å². The summed E-state index contributed by atoms with van der Waals surface area (Å²) in [6.07, 6.45) is 3.97. The van der Waals surface area contributed by atoms with E-state index in [1.54, 1.807) is 36.7 Å². The Balaban J connectivity index is 0.000000176. The molecule has 0 radical (unpaired) electrons. The SMILES string of the molecule is COC(=O)Cc1ccc(-c2ccc(N3CCOCC3)cc2)cn1.NCc1cccc(F)c1.O=C(Cc1ccc(-c2ccc(N3CCOCC3)cc2)cn1)NCc1cccc(F)c1. The van der Waals surface area contributed by atoms with Crippen LogP contribution in [0.3, 0.4) is 0 Å². The Morgan fingerprint density at radius 3 is 1.50 bits per heavy atom. The van der Waals surface area contributed by atoms with E-state index in [0.29, 0.717) is 24.5 Å². The molecular weight excluding hydrogens is 791 g/mol. The minimum atomic E-state index is -0.308. The number of anilines is 2. The Bertz CT molecular complexity index is 2300. The zero-order valence-electron chi connectivity index (χ0n) is 34.9. The highest BCUT2D eigenvalue weighted by atomic mass is 19.1. The number of nitrogens with one attached hydrogen (secondary N) is 1. The molecule has 13 heteroatoms. The fraction of sp³-hybridized carbons (Fsp3) is 0.265. The van der Waals surface area contributed by atoms with Crippen LogP contribution < -0.4 is 20.9 Å². The molecule has 2 aliphatic heterocycles. The largest absolute Gasteiger partial charge is 0.469 e. The first-order valence-electron chi connectivity index (χ1n) is 20.5. The molecular formula is C49H52F2N6O5. The molecule has 6 aromatic rings. The van der Waals surface area contributed by atoms with Crippen molar-refractivity contribution in [3.8, 4) is 22.3 Å². The van der Waals surface area contributed by atoms with Crippen molar-refractivity contribution in [1.82, 2.24) is 15.3 Å². The van der Waals surface area contributed by atoms with Gasteiger partial charge in [-0.15, -0.1) is 0 Å². The summed E-state index contributed by atoms with van der Waals surface area (Å²) in [7, 11) is 1.38. The van der Waals surface area contributed by atoms with Crippen LogP contribution >= 0.6 is 0 Å². The van der Waals surface area contributed by atoms with Gasteiger partial charge in [-0.2, -0.15) is 0 Å². The lowest BCUT2D eigenvalue weighted by molar-refractivity contribution is -0.139. The molecule has 2 aliphatic rings. The summed E-state index contributed by atoms with van der Waals surface area (Å²) >= 11 is 0. The smallest absolute Gasteiger partial charge is 0.311 e. The molecule has 62 heavy (non-hydrogen) atoms. The Kier molecular flexibility index (Phi) is 17.0. The molecule has 2 aromatic heterocycles. The highest BCUT2D eigenvalue weighted by Crippen LogP contribution is 2.25. The summed E-state index contributed by atoms with van der Waals surface area (Å²) in [6.45, 7) is 7.49. The van der Waals surface area contributed by atoms with E-state index >= 15 is 0 Å². The second-order valence-corrected chi connectivity index (χ2v) is 14.5. The first-order chi connectivity index (χ1) is 30.3. The van der Waals surface area contributed by atoms with E-state index in [2.05, 4.69) is 78.4 Å². The normalized spacial score (nSPS) is 13.5. The summed E-state index contributed by atoms with van der Waals surface area (Å²) in [6, 6.07) is 37.0. The first kappa shape index (κ1) is 45.0. The number of aromatic nitrogens is 2. The van der Waals surface area contributed by atoms with Crippen molar-refractivity contribution >= 4 is 23.3 Å². The average molecular weight is 843 g/mol. The minimum absolute atomic E-state index is 0.144. The van der Waals surface area contributed by atoms with Crippen molar-refractivity contribution in [3.63, 3.8) is 0 Å². The van der Waals surface area contributed by atoms with E-state index < -0.39 is 0 Å². The molecule has 2 saturated heterocycles. The molecule has 0 aliphatic carbocycles. The predicted octanol–water partition coefficient (Wildman–Crippen LogP) is 7.17. The van der Waals surface area contributed by atoms with Gasteiger partial charge in [0, 0.05) is 79.9 Å². The van der Waals surface area contributed by atoms with Crippen LogP contribution in [0.5, 0.6) is 0 Å². The van der Waals surface area contributed by atoms with Crippen LogP contribution in [0.1, 0.15) is 22.5 Å². The van der Waals surface area contributed by atoms with Gasteiger partial charge in [0.2, 0.25) is 5.91 Å². The summed E-state index contributed by atoms with van der Waals surface area (Å²) < 4.78 is 40.9. The molecule has 0 saturated carbocycles. The summed E-state index contributed by atoms with van der Waals surface area (Å²) in [5.74, 6) is -0.954. The van der Waals surface area contributed by atoms with Crippen LogP contribution in [-0.4, -0.2) is 81.6 Å². The van der Waals surface area contributed by atoms with Crippen LogP contribution in [-0.2, 0) is 49.7 Å². The number of carbonyl (C=O) groups is 2. The summed E-state index contributed by atoms with van der Waals surface area (Å²) in [5.41, 5.74) is 14.9. The Morgan fingerprint density at radius 2 is 1.08 bits per heavy atom. The number of halogens is 2. The summed E-state index contributed by atoms with van der Waals surface area (Å²) in [4.78, 5) is 36.8. The van der Waals surface area contributed by atoms with Gasteiger partial charge < -0.3 is 35.1 Å². The van der Waals surface area contributed by atoms with Gasteiger partial charge in [0.25, 0.3) is 0 Å². The van der Waals surface area contributed by atoms with Crippen molar-refractivity contribution in [2.45, 2.75) is 25.9 Å². The number of rotatable bonds is 11. The lowest BCUT2D eigenvalue weighted by Crippen LogP contribution is -2.36. The Labute approximate surface area is 361 Å². The number of esters is 1. The number of ether oxygens (including phenoxy) is 3. The van der Waals surface area contributed by atoms with E-state index in [1.807, 2.05) is 24.3 Å². The van der Waals surface area contributed by atoms with Crippen molar-refractivity contribution in [2.75, 3.05) is 69.5 Å². The number of nitrogens with two attached hydrogens (primary N) is 1. The Morgan fingerprint density at radius 1 is 0.629 bits per heavy atom. The molecule has 322 valence electrons. The minimum Gasteiger partial charge on any atom is -0.469 e. The molecule has 0 spiro atoms. The van der Waals surface area contributed by atoms with Gasteiger partial charge in [0.05, 0.1) is 52.1 Å². The van der Waals surface area contributed by atoms with Gasteiger partial charge in [0.15, 0.2) is 0 Å². The van der Waals surface area contributed by atoms with E-state index in [0.717, 1.165) is 86.0 Å². The first-order valence-corrected chi connectivity index (χ1v) is 20.5. The van der Waals surface area contributed by atoms with Crippen LogP contribution in [0, 0.1) is 11.6 Å². The van der Waals surface area contributed by atoms with Crippen LogP contribution in [0.25, 0.3) is 22.3 Å². The number of methoxy groups -OCH3 is 1. The number of hydrogen-bond acceptors (Lipinski definition) is 10.